The van der Waals surface area contributed by atoms with E-state index in [4.69, 9.17) is 9.47 Å². The third-order valence-corrected chi connectivity index (χ3v) is 2.84. The van der Waals surface area contributed by atoms with Gasteiger partial charge in [-0.3, -0.25) is 9.38 Å². The number of nitrogens with zero attached hydrogens (tertiary/aromatic N) is 1. The molecular formula is C14H20FN3O2. The average molecular weight is 281 g/mol. The first-order valence-corrected chi connectivity index (χ1v) is 6.77. The first-order valence-electron chi connectivity index (χ1n) is 6.77. The second kappa shape index (κ2) is 7.57. The number of halogens is 1. The molecule has 0 aliphatic carbocycles. The Labute approximate surface area is 118 Å². The van der Waals surface area contributed by atoms with Gasteiger partial charge in [0, 0.05) is 31.8 Å². The number of aliphatic imine (C=N–C) groups is 1. The highest BCUT2D eigenvalue weighted by Crippen LogP contribution is 2.32. The van der Waals surface area contributed by atoms with Gasteiger partial charge in [-0.15, -0.1) is 0 Å². The molecule has 0 bridgehead atoms. The smallest absolute Gasteiger partial charge is 0.195 e. The molecule has 0 unspecified atom stereocenters. The Morgan fingerprint density at radius 2 is 2.10 bits per heavy atom. The lowest BCUT2D eigenvalue weighted by molar-refractivity contribution is 0.297. The van der Waals surface area contributed by atoms with Crippen molar-refractivity contribution in [3.8, 4) is 11.5 Å². The highest BCUT2D eigenvalue weighted by molar-refractivity contribution is 5.93. The lowest BCUT2D eigenvalue weighted by Crippen LogP contribution is -2.31. The van der Waals surface area contributed by atoms with E-state index < -0.39 is 0 Å². The third kappa shape index (κ3) is 4.01. The van der Waals surface area contributed by atoms with Crippen LogP contribution in [0.3, 0.4) is 0 Å². The fourth-order valence-electron chi connectivity index (χ4n) is 1.83. The van der Waals surface area contributed by atoms with E-state index in [1.807, 2.05) is 18.2 Å². The maximum absolute atomic E-state index is 12.1. The molecular weight excluding hydrogens is 261 g/mol. The zero-order valence-electron chi connectivity index (χ0n) is 11.6. The molecule has 0 spiro atoms. The summed E-state index contributed by atoms with van der Waals surface area (Å²) in [4.78, 5) is 4.09. The van der Waals surface area contributed by atoms with E-state index in [9.17, 15) is 4.39 Å². The Bertz CT molecular complexity index is 466. The van der Waals surface area contributed by atoms with Crippen LogP contribution in [0.15, 0.2) is 23.2 Å². The first-order chi connectivity index (χ1) is 9.83. The van der Waals surface area contributed by atoms with E-state index in [1.165, 1.54) is 0 Å². The molecule has 110 valence electrons. The summed E-state index contributed by atoms with van der Waals surface area (Å²) in [5, 5.41) is 6.18. The highest BCUT2D eigenvalue weighted by atomic mass is 19.1. The number of rotatable bonds is 4. The van der Waals surface area contributed by atoms with Crippen molar-refractivity contribution < 1.29 is 13.9 Å². The predicted molar refractivity (Wildman–Crippen MR) is 77.6 cm³/mol. The van der Waals surface area contributed by atoms with Crippen molar-refractivity contribution in [3.05, 3.63) is 18.2 Å². The summed E-state index contributed by atoms with van der Waals surface area (Å²) in [5.41, 5.74) is 0.850. The molecule has 5 nitrogen and oxygen atoms in total. The topological polar surface area (TPSA) is 54.9 Å². The molecule has 0 radical (unpaired) electrons. The predicted octanol–water partition coefficient (Wildman–Crippen LogP) is 2.19. The number of hydrogen-bond donors (Lipinski definition) is 2. The second-order valence-electron chi connectivity index (χ2n) is 4.38. The Morgan fingerprint density at radius 1 is 1.30 bits per heavy atom. The van der Waals surface area contributed by atoms with E-state index in [0.29, 0.717) is 32.1 Å². The minimum absolute atomic E-state index is 0.339. The van der Waals surface area contributed by atoms with Gasteiger partial charge in [0.1, 0.15) is 0 Å². The van der Waals surface area contributed by atoms with Crippen molar-refractivity contribution in [3.63, 3.8) is 0 Å². The Balaban J connectivity index is 2.00. The molecule has 0 amide bonds. The summed E-state index contributed by atoms with van der Waals surface area (Å²) < 4.78 is 23.3. The number of benzene rings is 1. The van der Waals surface area contributed by atoms with Crippen LogP contribution in [0.2, 0.25) is 0 Å². The van der Waals surface area contributed by atoms with Gasteiger partial charge in [0.05, 0.1) is 19.9 Å². The number of ether oxygens (including phenoxy) is 2. The van der Waals surface area contributed by atoms with Crippen LogP contribution >= 0.6 is 0 Å². The van der Waals surface area contributed by atoms with Crippen molar-refractivity contribution in [1.29, 1.82) is 0 Å². The molecule has 0 aromatic heterocycles. The van der Waals surface area contributed by atoms with Gasteiger partial charge in [-0.2, -0.15) is 0 Å². The van der Waals surface area contributed by atoms with E-state index in [1.54, 1.807) is 7.05 Å². The van der Waals surface area contributed by atoms with Crippen LogP contribution < -0.4 is 20.1 Å². The van der Waals surface area contributed by atoms with Gasteiger partial charge >= 0.3 is 0 Å². The molecule has 6 heteroatoms. The second-order valence-corrected chi connectivity index (χ2v) is 4.38. The average Bonchev–Trinajstić information content (AvgIpc) is 2.71. The zero-order chi connectivity index (χ0) is 14.2. The largest absolute Gasteiger partial charge is 0.490 e. The molecule has 1 aromatic carbocycles. The summed E-state index contributed by atoms with van der Waals surface area (Å²) in [6.07, 6.45) is 1.34. The maximum atomic E-state index is 12.1. The molecule has 0 saturated carbocycles. The molecule has 0 atom stereocenters. The van der Waals surface area contributed by atoms with E-state index in [2.05, 4.69) is 15.6 Å². The standard InChI is InChI=1S/C14H20FN3O2/c1-16-14(17-7-2-6-15)18-11-4-5-12-13(10-11)20-9-3-8-19-12/h4-5,10H,2-3,6-9H2,1H3,(H2,16,17,18). The van der Waals surface area contributed by atoms with E-state index in [0.717, 1.165) is 23.6 Å². The summed E-state index contributed by atoms with van der Waals surface area (Å²) in [5.74, 6) is 2.09. The van der Waals surface area contributed by atoms with Gasteiger partial charge < -0.3 is 20.1 Å². The van der Waals surface area contributed by atoms with Crippen molar-refractivity contribution in [1.82, 2.24) is 5.32 Å². The van der Waals surface area contributed by atoms with Crippen LogP contribution in [-0.2, 0) is 0 Å². The molecule has 1 aliphatic heterocycles. The molecule has 20 heavy (non-hydrogen) atoms. The monoisotopic (exact) mass is 281 g/mol. The van der Waals surface area contributed by atoms with Crippen LogP contribution in [0.1, 0.15) is 12.8 Å². The van der Waals surface area contributed by atoms with Crippen LogP contribution in [0.5, 0.6) is 11.5 Å². The molecule has 0 saturated heterocycles. The van der Waals surface area contributed by atoms with Crippen molar-refractivity contribution in [2.24, 2.45) is 4.99 Å². The Kier molecular flexibility index (Phi) is 5.46. The normalized spacial score (nSPS) is 14.6. The quantitative estimate of drug-likeness (QED) is 0.505. The number of guanidine groups is 1. The fraction of sp³-hybridized carbons (Fsp3) is 0.500. The number of hydrogen-bond acceptors (Lipinski definition) is 3. The summed E-state index contributed by atoms with van der Waals surface area (Å²) in [7, 11) is 1.67. The van der Waals surface area contributed by atoms with Gasteiger partial charge in [0.25, 0.3) is 0 Å². The number of fused-ring (bicyclic) bond motifs is 1. The summed E-state index contributed by atoms with van der Waals surface area (Å²) in [6, 6.07) is 5.65. The van der Waals surface area contributed by atoms with Crippen LogP contribution in [0, 0.1) is 0 Å². The minimum atomic E-state index is -0.339. The van der Waals surface area contributed by atoms with Crippen LogP contribution in [0.25, 0.3) is 0 Å². The zero-order valence-corrected chi connectivity index (χ0v) is 11.6. The first kappa shape index (κ1) is 14.4. The van der Waals surface area contributed by atoms with Crippen molar-refractivity contribution in [2.75, 3.05) is 38.8 Å². The lowest BCUT2D eigenvalue weighted by atomic mass is 10.3. The number of nitrogens with one attached hydrogen (secondary N) is 2. The van der Waals surface area contributed by atoms with Gasteiger partial charge in [0.2, 0.25) is 0 Å². The molecule has 2 rings (SSSR count). The third-order valence-electron chi connectivity index (χ3n) is 2.84. The molecule has 0 fully saturated rings. The van der Waals surface area contributed by atoms with E-state index in [-0.39, 0.29) is 6.67 Å². The van der Waals surface area contributed by atoms with Gasteiger partial charge in [-0.05, 0) is 18.6 Å². The van der Waals surface area contributed by atoms with Gasteiger partial charge in [-0.25, -0.2) is 0 Å². The Hall–Kier alpha value is -1.98. The molecule has 2 N–H and O–H groups in total. The highest BCUT2D eigenvalue weighted by Gasteiger charge is 2.11. The molecule has 1 aromatic rings. The molecule has 1 heterocycles. The van der Waals surface area contributed by atoms with Crippen molar-refractivity contribution >= 4 is 11.6 Å². The SMILES string of the molecule is CN=C(NCCCF)Nc1ccc2c(c1)OCCCO2. The summed E-state index contributed by atoms with van der Waals surface area (Å²) >= 11 is 0. The van der Waals surface area contributed by atoms with Crippen LogP contribution in [-0.4, -0.2) is 39.4 Å². The number of alkyl halides is 1. The van der Waals surface area contributed by atoms with Gasteiger partial charge in [0.15, 0.2) is 17.5 Å². The Morgan fingerprint density at radius 3 is 2.85 bits per heavy atom. The van der Waals surface area contributed by atoms with Crippen molar-refractivity contribution in [2.45, 2.75) is 12.8 Å². The maximum Gasteiger partial charge on any atom is 0.195 e. The number of anilines is 1. The minimum Gasteiger partial charge on any atom is -0.490 e. The molecule has 1 aliphatic rings. The van der Waals surface area contributed by atoms with E-state index >= 15 is 0 Å². The van der Waals surface area contributed by atoms with Crippen LogP contribution in [0.4, 0.5) is 10.1 Å². The fourth-order valence-corrected chi connectivity index (χ4v) is 1.83. The van der Waals surface area contributed by atoms with Gasteiger partial charge in [-0.1, -0.05) is 0 Å². The summed E-state index contributed by atoms with van der Waals surface area (Å²) in [6.45, 7) is 1.53. The lowest BCUT2D eigenvalue weighted by Gasteiger charge is -2.13.